The van der Waals surface area contributed by atoms with Crippen LogP contribution in [0.3, 0.4) is 0 Å². The molecule has 1 unspecified atom stereocenters. The summed E-state index contributed by atoms with van der Waals surface area (Å²) >= 11 is 4.25. The van der Waals surface area contributed by atoms with Gasteiger partial charge in [0, 0.05) is 17.2 Å². The fourth-order valence-electron chi connectivity index (χ4n) is 0.773. The lowest BCUT2D eigenvalue weighted by molar-refractivity contribution is 0.366. The minimum absolute atomic E-state index is 0.159. The van der Waals surface area contributed by atoms with Crippen molar-refractivity contribution in [3.05, 3.63) is 17.5 Å². The van der Waals surface area contributed by atoms with Crippen LogP contribution in [0.2, 0.25) is 0 Å². The van der Waals surface area contributed by atoms with E-state index in [9.17, 15) is 0 Å². The Morgan fingerprint density at radius 3 is 2.36 bits per heavy atom. The molecule has 0 aromatic carbocycles. The van der Waals surface area contributed by atoms with Crippen molar-refractivity contribution >= 4 is 12.6 Å². The van der Waals surface area contributed by atoms with Gasteiger partial charge in [-0.2, -0.15) is 12.6 Å². The Bertz CT molecular complexity index is 207. The summed E-state index contributed by atoms with van der Waals surface area (Å²) in [7, 11) is 0. The molecule has 0 spiro atoms. The third-order valence-corrected chi connectivity index (χ3v) is 1.81. The topological polar surface area (TPSA) is 26.0 Å². The van der Waals surface area contributed by atoms with Gasteiger partial charge in [0.1, 0.15) is 5.76 Å². The van der Waals surface area contributed by atoms with Crippen LogP contribution in [-0.4, -0.2) is 5.16 Å². The van der Waals surface area contributed by atoms with Crippen LogP contribution in [0.5, 0.6) is 0 Å². The molecule has 1 atom stereocenters. The van der Waals surface area contributed by atoms with E-state index in [0.717, 1.165) is 11.5 Å². The summed E-state index contributed by atoms with van der Waals surface area (Å²) < 4.78 is 5.09. The van der Waals surface area contributed by atoms with Crippen LogP contribution in [0.15, 0.2) is 10.6 Å². The summed E-state index contributed by atoms with van der Waals surface area (Å²) in [4.78, 5) is 0. The molecule has 0 aliphatic carbocycles. The minimum Gasteiger partial charge on any atom is -0.361 e. The quantitative estimate of drug-likeness (QED) is 0.692. The molecular weight excluding hydrogens is 158 g/mol. The van der Waals surface area contributed by atoms with E-state index in [1.54, 1.807) is 0 Å². The van der Waals surface area contributed by atoms with E-state index >= 15 is 0 Å². The van der Waals surface area contributed by atoms with Crippen LogP contribution in [0.4, 0.5) is 0 Å². The van der Waals surface area contributed by atoms with Crippen molar-refractivity contribution in [2.45, 2.75) is 31.9 Å². The normalized spacial score (nSPS) is 13.9. The van der Waals surface area contributed by atoms with Gasteiger partial charge in [0.2, 0.25) is 0 Å². The van der Waals surface area contributed by atoms with Gasteiger partial charge in [0.25, 0.3) is 0 Å². The van der Waals surface area contributed by atoms with Gasteiger partial charge in [-0.05, 0) is 6.92 Å². The Kier molecular flexibility index (Phi) is 2.60. The number of rotatable bonds is 2. The summed E-state index contributed by atoms with van der Waals surface area (Å²) in [6, 6.07) is 1.96. The summed E-state index contributed by atoms with van der Waals surface area (Å²) in [6.07, 6.45) is 0. The van der Waals surface area contributed by atoms with E-state index in [1.165, 1.54) is 0 Å². The van der Waals surface area contributed by atoms with E-state index in [-0.39, 0.29) is 5.25 Å². The fourth-order valence-corrected chi connectivity index (χ4v) is 0.894. The Balaban J connectivity index is 2.82. The van der Waals surface area contributed by atoms with Crippen LogP contribution >= 0.6 is 12.6 Å². The zero-order valence-electron chi connectivity index (χ0n) is 7.03. The molecule has 1 heterocycles. The monoisotopic (exact) mass is 171 g/mol. The zero-order chi connectivity index (χ0) is 8.43. The molecule has 1 rings (SSSR count). The van der Waals surface area contributed by atoms with Crippen LogP contribution in [-0.2, 0) is 0 Å². The fraction of sp³-hybridized carbons (Fsp3) is 0.625. The maximum atomic E-state index is 5.09. The van der Waals surface area contributed by atoms with Crippen molar-refractivity contribution in [1.82, 2.24) is 5.16 Å². The minimum atomic E-state index is 0.159. The average molecular weight is 171 g/mol. The maximum Gasteiger partial charge on any atom is 0.139 e. The highest BCUT2D eigenvalue weighted by Crippen LogP contribution is 2.22. The molecule has 11 heavy (non-hydrogen) atoms. The van der Waals surface area contributed by atoms with Gasteiger partial charge in [0.05, 0.1) is 5.69 Å². The molecule has 1 aromatic rings. The summed E-state index contributed by atoms with van der Waals surface area (Å²) in [5.74, 6) is 1.34. The molecule has 0 bridgehead atoms. The van der Waals surface area contributed by atoms with E-state index in [2.05, 4.69) is 31.6 Å². The molecule has 0 amide bonds. The summed E-state index contributed by atoms with van der Waals surface area (Å²) in [6.45, 7) is 6.13. The van der Waals surface area contributed by atoms with Gasteiger partial charge < -0.3 is 4.52 Å². The van der Waals surface area contributed by atoms with Crippen molar-refractivity contribution in [2.75, 3.05) is 0 Å². The SMILES string of the molecule is CC(C)c1cc(C(C)S)no1. The largest absolute Gasteiger partial charge is 0.361 e. The molecule has 0 N–H and O–H groups in total. The predicted molar refractivity (Wildman–Crippen MR) is 48.0 cm³/mol. The van der Waals surface area contributed by atoms with Crippen LogP contribution in [0.25, 0.3) is 0 Å². The van der Waals surface area contributed by atoms with E-state index < -0.39 is 0 Å². The van der Waals surface area contributed by atoms with Crippen LogP contribution < -0.4 is 0 Å². The Morgan fingerprint density at radius 2 is 2.09 bits per heavy atom. The first-order valence-electron chi connectivity index (χ1n) is 3.76. The van der Waals surface area contributed by atoms with Crippen molar-refractivity contribution in [1.29, 1.82) is 0 Å². The predicted octanol–water partition coefficient (Wildman–Crippen LogP) is 2.79. The molecular formula is C8H13NOS. The molecule has 0 saturated heterocycles. The van der Waals surface area contributed by atoms with Gasteiger partial charge in [0.15, 0.2) is 0 Å². The number of nitrogens with zero attached hydrogens (tertiary/aromatic N) is 1. The number of thiol groups is 1. The standard InChI is InChI=1S/C8H13NOS/c1-5(2)8-4-7(6(3)11)9-10-8/h4-6,11H,1-3H3. The molecule has 0 radical (unpaired) electrons. The van der Waals surface area contributed by atoms with E-state index in [1.807, 2.05) is 13.0 Å². The second-order valence-electron chi connectivity index (χ2n) is 2.98. The lowest BCUT2D eigenvalue weighted by Crippen LogP contribution is -1.82. The smallest absolute Gasteiger partial charge is 0.139 e. The number of hydrogen-bond acceptors (Lipinski definition) is 3. The summed E-state index contributed by atoms with van der Waals surface area (Å²) in [5.41, 5.74) is 0.914. The lowest BCUT2D eigenvalue weighted by atomic mass is 10.1. The molecule has 0 saturated carbocycles. The Labute approximate surface area is 72.4 Å². The van der Waals surface area contributed by atoms with Gasteiger partial charge in [-0.3, -0.25) is 0 Å². The Hall–Kier alpha value is -0.440. The second-order valence-corrected chi connectivity index (χ2v) is 3.76. The highest BCUT2D eigenvalue weighted by molar-refractivity contribution is 7.80. The Morgan fingerprint density at radius 1 is 1.45 bits per heavy atom. The second kappa shape index (κ2) is 3.30. The van der Waals surface area contributed by atoms with Gasteiger partial charge >= 0.3 is 0 Å². The molecule has 0 fully saturated rings. The third-order valence-electron chi connectivity index (χ3n) is 1.54. The third kappa shape index (κ3) is 1.99. The maximum absolute atomic E-state index is 5.09. The first kappa shape index (κ1) is 8.65. The first-order valence-corrected chi connectivity index (χ1v) is 4.27. The lowest BCUT2D eigenvalue weighted by Gasteiger charge is -1.94. The summed E-state index contributed by atoms with van der Waals surface area (Å²) in [5, 5.41) is 4.04. The van der Waals surface area contributed by atoms with Crippen molar-refractivity contribution in [3.63, 3.8) is 0 Å². The first-order chi connectivity index (χ1) is 5.11. The van der Waals surface area contributed by atoms with Crippen molar-refractivity contribution in [2.24, 2.45) is 0 Å². The average Bonchev–Trinajstić information content (AvgIpc) is 2.33. The van der Waals surface area contributed by atoms with Gasteiger partial charge in [-0.25, -0.2) is 0 Å². The van der Waals surface area contributed by atoms with Crippen LogP contribution in [0, 0.1) is 0 Å². The molecule has 62 valence electrons. The molecule has 1 aromatic heterocycles. The van der Waals surface area contributed by atoms with Crippen molar-refractivity contribution in [3.8, 4) is 0 Å². The highest BCUT2D eigenvalue weighted by Gasteiger charge is 2.09. The van der Waals surface area contributed by atoms with E-state index in [0.29, 0.717) is 5.92 Å². The molecule has 2 nitrogen and oxygen atoms in total. The van der Waals surface area contributed by atoms with E-state index in [4.69, 9.17) is 4.52 Å². The van der Waals surface area contributed by atoms with Gasteiger partial charge in [-0.15, -0.1) is 0 Å². The molecule has 0 aliphatic heterocycles. The van der Waals surface area contributed by atoms with Crippen molar-refractivity contribution < 1.29 is 4.52 Å². The molecule has 3 heteroatoms. The molecule has 0 aliphatic rings. The van der Waals surface area contributed by atoms with Gasteiger partial charge in [-0.1, -0.05) is 19.0 Å². The number of hydrogen-bond donors (Lipinski definition) is 1. The zero-order valence-corrected chi connectivity index (χ0v) is 7.93. The number of aromatic nitrogens is 1. The highest BCUT2D eigenvalue weighted by atomic mass is 32.1. The van der Waals surface area contributed by atoms with Crippen LogP contribution in [0.1, 0.15) is 43.4 Å².